The smallest absolute Gasteiger partial charge is 0.314 e. The highest BCUT2D eigenvalue weighted by Crippen LogP contribution is 2.44. The van der Waals surface area contributed by atoms with Crippen LogP contribution in [0.25, 0.3) is 0 Å². The van der Waals surface area contributed by atoms with E-state index in [1.54, 1.807) is 7.11 Å². The van der Waals surface area contributed by atoms with E-state index in [0.29, 0.717) is 0 Å². The number of aliphatic carboxylic acids is 1. The molecule has 0 atom stereocenters. The molecule has 0 amide bonds. The van der Waals surface area contributed by atoms with Crippen molar-refractivity contribution in [2.45, 2.75) is 44.9 Å². The van der Waals surface area contributed by atoms with Crippen molar-refractivity contribution in [3.05, 3.63) is 28.8 Å². The van der Waals surface area contributed by atoms with E-state index in [1.807, 2.05) is 26.0 Å². The number of rotatable bonds is 3. The summed E-state index contributed by atoms with van der Waals surface area (Å²) in [4.78, 5) is 11.8. The second-order valence-electron chi connectivity index (χ2n) is 5.23. The Morgan fingerprint density at radius 2 is 1.72 bits per heavy atom. The lowest BCUT2D eigenvalue weighted by molar-refractivity contribution is -0.143. The zero-order chi connectivity index (χ0) is 13.3. The van der Waals surface area contributed by atoms with Gasteiger partial charge in [-0.2, -0.15) is 0 Å². The van der Waals surface area contributed by atoms with Gasteiger partial charge in [-0.25, -0.2) is 0 Å². The Hall–Kier alpha value is -1.51. The standard InChI is InChI=1S/C15H20O3/c1-10-8-12(18-3)9-11(2)13(10)15(14(16)17)6-4-5-7-15/h8-9H,4-7H2,1-3H3,(H,16,17). The molecule has 0 spiro atoms. The third-order valence-corrected chi connectivity index (χ3v) is 4.09. The first-order valence-corrected chi connectivity index (χ1v) is 6.40. The van der Waals surface area contributed by atoms with Crippen LogP contribution in [-0.2, 0) is 10.2 Å². The first-order chi connectivity index (χ1) is 8.51. The summed E-state index contributed by atoms with van der Waals surface area (Å²) in [6.45, 7) is 3.96. The van der Waals surface area contributed by atoms with E-state index in [2.05, 4.69) is 0 Å². The number of aryl methyl sites for hydroxylation is 2. The summed E-state index contributed by atoms with van der Waals surface area (Å²) in [7, 11) is 1.64. The summed E-state index contributed by atoms with van der Waals surface area (Å²) in [5.74, 6) is 0.114. The van der Waals surface area contributed by atoms with Crippen molar-refractivity contribution >= 4 is 5.97 Å². The molecule has 1 fully saturated rings. The molecular formula is C15H20O3. The van der Waals surface area contributed by atoms with Crippen LogP contribution in [0.2, 0.25) is 0 Å². The maximum atomic E-state index is 11.8. The number of carboxylic acids is 1. The van der Waals surface area contributed by atoms with Crippen LogP contribution in [0.3, 0.4) is 0 Å². The van der Waals surface area contributed by atoms with Gasteiger partial charge in [0.15, 0.2) is 0 Å². The molecule has 98 valence electrons. The molecule has 1 N–H and O–H groups in total. The third-order valence-electron chi connectivity index (χ3n) is 4.09. The van der Waals surface area contributed by atoms with Crippen LogP contribution in [0.5, 0.6) is 5.75 Å². The predicted octanol–water partition coefficient (Wildman–Crippen LogP) is 3.21. The van der Waals surface area contributed by atoms with E-state index in [4.69, 9.17) is 4.74 Å². The Balaban J connectivity index is 2.59. The first kappa shape index (κ1) is 12.9. The van der Waals surface area contributed by atoms with Gasteiger partial charge in [0.1, 0.15) is 5.75 Å². The topological polar surface area (TPSA) is 46.5 Å². The number of methoxy groups -OCH3 is 1. The van der Waals surface area contributed by atoms with Gasteiger partial charge in [-0.15, -0.1) is 0 Å². The number of hydrogen-bond acceptors (Lipinski definition) is 2. The van der Waals surface area contributed by atoms with E-state index >= 15 is 0 Å². The van der Waals surface area contributed by atoms with Crippen molar-refractivity contribution < 1.29 is 14.6 Å². The van der Waals surface area contributed by atoms with Gasteiger partial charge in [0, 0.05) is 0 Å². The lowest BCUT2D eigenvalue weighted by Gasteiger charge is -2.28. The molecule has 1 aliphatic rings. The quantitative estimate of drug-likeness (QED) is 0.893. The second-order valence-corrected chi connectivity index (χ2v) is 5.23. The Morgan fingerprint density at radius 1 is 1.22 bits per heavy atom. The molecule has 0 aromatic heterocycles. The minimum atomic E-state index is -0.684. The van der Waals surface area contributed by atoms with Crippen LogP contribution < -0.4 is 4.74 Å². The van der Waals surface area contributed by atoms with Gasteiger partial charge in [0.2, 0.25) is 0 Å². The summed E-state index contributed by atoms with van der Waals surface area (Å²) in [6.07, 6.45) is 3.49. The van der Waals surface area contributed by atoms with Crippen molar-refractivity contribution in [3.63, 3.8) is 0 Å². The monoisotopic (exact) mass is 248 g/mol. The van der Waals surface area contributed by atoms with E-state index < -0.39 is 11.4 Å². The lowest BCUT2D eigenvalue weighted by Crippen LogP contribution is -2.34. The molecule has 1 aliphatic carbocycles. The number of carbonyl (C=O) groups is 1. The van der Waals surface area contributed by atoms with Crippen LogP contribution in [0.4, 0.5) is 0 Å². The maximum absolute atomic E-state index is 11.8. The van der Waals surface area contributed by atoms with E-state index in [-0.39, 0.29) is 0 Å². The maximum Gasteiger partial charge on any atom is 0.314 e. The zero-order valence-corrected chi connectivity index (χ0v) is 11.2. The van der Waals surface area contributed by atoms with Crippen molar-refractivity contribution in [3.8, 4) is 5.75 Å². The minimum Gasteiger partial charge on any atom is -0.497 e. The van der Waals surface area contributed by atoms with Crippen LogP contribution in [0.15, 0.2) is 12.1 Å². The number of hydrogen-bond donors (Lipinski definition) is 1. The average Bonchev–Trinajstić information content (AvgIpc) is 2.78. The summed E-state index contributed by atoms with van der Waals surface area (Å²) < 4.78 is 5.24. The lowest BCUT2D eigenvalue weighted by atomic mass is 9.75. The molecule has 1 aromatic carbocycles. The van der Waals surface area contributed by atoms with Crippen molar-refractivity contribution in [1.29, 1.82) is 0 Å². The van der Waals surface area contributed by atoms with E-state index in [1.165, 1.54) is 0 Å². The molecule has 0 radical (unpaired) electrons. The van der Waals surface area contributed by atoms with Gasteiger partial charge in [-0.1, -0.05) is 12.8 Å². The average molecular weight is 248 g/mol. The van der Waals surface area contributed by atoms with E-state index in [0.717, 1.165) is 48.1 Å². The summed E-state index contributed by atoms with van der Waals surface area (Å²) in [5, 5.41) is 9.66. The molecule has 0 heterocycles. The fraction of sp³-hybridized carbons (Fsp3) is 0.533. The van der Waals surface area contributed by atoms with Crippen molar-refractivity contribution in [2.75, 3.05) is 7.11 Å². The molecular weight excluding hydrogens is 228 g/mol. The van der Waals surface area contributed by atoms with Gasteiger partial charge in [-0.3, -0.25) is 4.79 Å². The van der Waals surface area contributed by atoms with E-state index in [9.17, 15) is 9.90 Å². The molecule has 1 saturated carbocycles. The summed E-state index contributed by atoms with van der Waals surface area (Å²) in [6, 6.07) is 3.87. The highest BCUT2D eigenvalue weighted by Gasteiger charge is 2.44. The normalized spacial score (nSPS) is 17.7. The second kappa shape index (κ2) is 4.63. The van der Waals surface area contributed by atoms with Crippen LogP contribution in [0.1, 0.15) is 42.4 Å². The van der Waals surface area contributed by atoms with Gasteiger partial charge in [0.25, 0.3) is 0 Å². The van der Waals surface area contributed by atoms with Gasteiger partial charge in [-0.05, 0) is 55.5 Å². The Labute approximate surface area is 108 Å². The molecule has 0 aliphatic heterocycles. The fourth-order valence-corrected chi connectivity index (χ4v) is 3.35. The van der Waals surface area contributed by atoms with Gasteiger partial charge >= 0.3 is 5.97 Å². The molecule has 0 saturated heterocycles. The Morgan fingerprint density at radius 3 is 2.11 bits per heavy atom. The number of ether oxygens (including phenoxy) is 1. The number of benzene rings is 1. The molecule has 3 nitrogen and oxygen atoms in total. The van der Waals surface area contributed by atoms with Crippen LogP contribution >= 0.6 is 0 Å². The molecule has 0 unspecified atom stereocenters. The molecule has 18 heavy (non-hydrogen) atoms. The highest BCUT2D eigenvalue weighted by atomic mass is 16.5. The largest absolute Gasteiger partial charge is 0.497 e. The molecule has 0 bridgehead atoms. The van der Waals surface area contributed by atoms with Crippen molar-refractivity contribution in [1.82, 2.24) is 0 Å². The molecule has 2 rings (SSSR count). The van der Waals surface area contributed by atoms with Gasteiger partial charge < -0.3 is 9.84 Å². The summed E-state index contributed by atoms with van der Waals surface area (Å²) >= 11 is 0. The molecule has 1 aromatic rings. The van der Waals surface area contributed by atoms with Crippen LogP contribution in [-0.4, -0.2) is 18.2 Å². The third kappa shape index (κ3) is 1.88. The molecule has 3 heteroatoms. The zero-order valence-electron chi connectivity index (χ0n) is 11.2. The minimum absolute atomic E-state index is 0.680. The highest BCUT2D eigenvalue weighted by molar-refractivity contribution is 5.83. The Bertz CT molecular complexity index is 448. The first-order valence-electron chi connectivity index (χ1n) is 6.40. The van der Waals surface area contributed by atoms with Crippen LogP contribution in [0, 0.1) is 13.8 Å². The number of carboxylic acid groups (broad SMARTS) is 1. The SMILES string of the molecule is COc1cc(C)c(C2(C(=O)O)CCCC2)c(C)c1. The summed E-state index contributed by atoms with van der Waals surface area (Å²) in [5.41, 5.74) is 2.36. The van der Waals surface area contributed by atoms with Crippen molar-refractivity contribution in [2.24, 2.45) is 0 Å². The predicted molar refractivity (Wildman–Crippen MR) is 70.2 cm³/mol. The fourth-order valence-electron chi connectivity index (χ4n) is 3.35. The van der Waals surface area contributed by atoms with Gasteiger partial charge in [0.05, 0.1) is 12.5 Å². The Kier molecular flexibility index (Phi) is 3.33.